The number of hydrogen-bond acceptors (Lipinski definition) is 3. The van der Waals surface area contributed by atoms with E-state index in [-0.39, 0.29) is 5.78 Å². The zero-order valence-electron chi connectivity index (χ0n) is 15.9. The number of carbonyl (C=O) groups excluding carboxylic acids is 1. The van der Waals surface area contributed by atoms with Crippen molar-refractivity contribution in [1.82, 2.24) is 0 Å². The lowest BCUT2D eigenvalue weighted by Gasteiger charge is -2.16. The number of carbonyl (C=O) groups is 1. The van der Waals surface area contributed by atoms with Crippen LogP contribution in [0.1, 0.15) is 34.0 Å². The Morgan fingerprint density at radius 1 is 0.857 bits per heavy atom. The molecule has 0 unspecified atom stereocenters. The number of Topliss-reactive ketones (excluding diaryl/α,β-unsaturated/α-hetero) is 1. The molecular weight excluding hydrogens is 416 g/mol. The van der Waals surface area contributed by atoms with Gasteiger partial charge in [-0.1, -0.05) is 60.7 Å². The first kappa shape index (κ1) is 20.3. The summed E-state index contributed by atoms with van der Waals surface area (Å²) in [5.41, 5.74) is 3.85. The molecule has 0 aliphatic heterocycles. The molecule has 0 amide bonds. The van der Waals surface area contributed by atoms with E-state index in [1.54, 1.807) is 13.0 Å². The Labute approximate surface area is 174 Å². The van der Waals surface area contributed by atoms with Gasteiger partial charge in [-0.2, -0.15) is 0 Å². The fourth-order valence-corrected chi connectivity index (χ4v) is 3.72. The molecule has 0 aliphatic rings. The summed E-state index contributed by atoms with van der Waals surface area (Å²) >= 11 is 3.60. The molecule has 3 aromatic rings. The van der Waals surface area contributed by atoms with Gasteiger partial charge in [-0.3, -0.25) is 4.79 Å². The number of rotatable bonds is 9. The average molecular weight is 439 g/mol. The van der Waals surface area contributed by atoms with Gasteiger partial charge < -0.3 is 9.47 Å². The van der Waals surface area contributed by atoms with Crippen LogP contribution in [-0.2, 0) is 24.4 Å². The van der Waals surface area contributed by atoms with Crippen molar-refractivity contribution in [3.05, 3.63) is 99.5 Å². The van der Waals surface area contributed by atoms with E-state index in [0.29, 0.717) is 31.8 Å². The van der Waals surface area contributed by atoms with Gasteiger partial charge in [0.15, 0.2) is 5.78 Å². The maximum absolute atomic E-state index is 11.9. The first-order valence-corrected chi connectivity index (χ1v) is 10.0. The molecule has 0 fully saturated rings. The minimum Gasteiger partial charge on any atom is -0.489 e. The van der Waals surface area contributed by atoms with E-state index in [4.69, 9.17) is 9.47 Å². The molecule has 0 radical (unpaired) electrons. The van der Waals surface area contributed by atoms with Gasteiger partial charge in [0.05, 0.1) is 13.2 Å². The molecule has 3 rings (SSSR count). The van der Waals surface area contributed by atoms with Gasteiger partial charge in [0.2, 0.25) is 0 Å². The van der Waals surface area contributed by atoms with Crippen molar-refractivity contribution in [2.75, 3.05) is 6.61 Å². The predicted molar refractivity (Wildman–Crippen MR) is 115 cm³/mol. The molecule has 3 aromatic carbocycles. The molecule has 4 heteroatoms. The smallest absolute Gasteiger partial charge is 0.160 e. The highest BCUT2D eigenvalue weighted by atomic mass is 79.9. The van der Waals surface area contributed by atoms with Crippen LogP contribution in [0, 0.1) is 0 Å². The van der Waals surface area contributed by atoms with E-state index in [1.807, 2.05) is 66.7 Å². The standard InChI is InChI=1S/C24H23BrO3/c1-18(26)21-12-13-23(28-17-20-10-6-3-7-11-20)22(24(21)25)14-15-27-16-19-8-4-2-5-9-19/h2-13H,14-17H2,1H3. The molecule has 0 heterocycles. The van der Waals surface area contributed by atoms with E-state index in [9.17, 15) is 4.79 Å². The van der Waals surface area contributed by atoms with E-state index >= 15 is 0 Å². The molecule has 0 aromatic heterocycles. The fraction of sp³-hybridized carbons (Fsp3) is 0.208. The van der Waals surface area contributed by atoms with Crippen LogP contribution < -0.4 is 4.74 Å². The topological polar surface area (TPSA) is 35.5 Å². The van der Waals surface area contributed by atoms with E-state index < -0.39 is 0 Å². The number of ketones is 1. The van der Waals surface area contributed by atoms with Crippen molar-refractivity contribution >= 4 is 21.7 Å². The van der Waals surface area contributed by atoms with Crippen LogP contribution in [0.2, 0.25) is 0 Å². The quantitative estimate of drug-likeness (QED) is 0.304. The van der Waals surface area contributed by atoms with Gasteiger partial charge in [-0.25, -0.2) is 0 Å². The van der Waals surface area contributed by atoms with Crippen molar-refractivity contribution in [3.8, 4) is 5.75 Å². The fourth-order valence-electron chi connectivity index (χ4n) is 2.92. The van der Waals surface area contributed by atoms with Gasteiger partial charge >= 0.3 is 0 Å². The second-order valence-electron chi connectivity index (χ2n) is 6.52. The summed E-state index contributed by atoms with van der Waals surface area (Å²) in [6.45, 7) is 3.15. The van der Waals surface area contributed by atoms with Crippen LogP contribution in [0.15, 0.2) is 77.3 Å². The largest absolute Gasteiger partial charge is 0.489 e. The van der Waals surface area contributed by atoms with Crippen molar-refractivity contribution in [3.63, 3.8) is 0 Å². The molecule has 0 aliphatic carbocycles. The molecule has 28 heavy (non-hydrogen) atoms. The Morgan fingerprint density at radius 2 is 1.46 bits per heavy atom. The van der Waals surface area contributed by atoms with Crippen LogP contribution in [0.25, 0.3) is 0 Å². The Hall–Kier alpha value is -2.43. The second kappa shape index (κ2) is 10.2. The summed E-state index contributed by atoms with van der Waals surface area (Å²) < 4.78 is 12.7. The normalized spacial score (nSPS) is 10.6. The molecule has 0 N–H and O–H groups in total. The van der Waals surface area contributed by atoms with Crippen LogP contribution in [0.4, 0.5) is 0 Å². The van der Waals surface area contributed by atoms with Crippen LogP contribution in [0.5, 0.6) is 5.75 Å². The lowest BCUT2D eigenvalue weighted by atomic mass is 10.0. The zero-order chi connectivity index (χ0) is 19.8. The zero-order valence-corrected chi connectivity index (χ0v) is 17.4. The third-order valence-corrected chi connectivity index (χ3v) is 5.33. The predicted octanol–water partition coefficient (Wildman–Crippen LogP) is 5.99. The minimum absolute atomic E-state index is 0.0212. The van der Waals surface area contributed by atoms with Crippen molar-refractivity contribution in [2.45, 2.75) is 26.6 Å². The first-order valence-electron chi connectivity index (χ1n) is 9.26. The Balaban J connectivity index is 1.70. The second-order valence-corrected chi connectivity index (χ2v) is 7.32. The molecule has 144 valence electrons. The highest BCUT2D eigenvalue weighted by Gasteiger charge is 2.15. The van der Waals surface area contributed by atoms with Crippen LogP contribution in [0.3, 0.4) is 0 Å². The van der Waals surface area contributed by atoms with E-state index in [2.05, 4.69) is 15.9 Å². The van der Waals surface area contributed by atoms with Gasteiger partial charge in [0, 0.05) is 22.0 Å². The summed E-state index contributed by atoms with van der Waals surface area (Å²) in [6.07, 6.45) is 0.651. The molecule has 0 saturated carbocycles. The maximum atomic E-state index is 11.9. The molecule has 3 nitrogen and oxygen atoms in total. The van der Waals surface area contributed by atoms with Crippen LogP contribution in [-0.4, -0.2) is 12.4 Å². The van der Waals surface area contributed by atoms with E-state index in [0.717, 1.165) is 26.9 Å². The number of ether oxygens (including phenoxy) is 2. The number of hydrogen-bond donors (Lipinski definition) is 0. The van der Waals surface area contributed by atoms with Gasteiger partial charge in [-0.15, -0.1) is 0 Å². The number of halogens is 1. The summed E-state index contributed by atoms with van der Waals surface area (Å²) in [5, 5.41) is 0. The summed E-state index contributed by atoms with van der Waals surface area (Å²) in [7, 11) is 0. The highest BCUT2D eigenvalue weighted by Crippen LogP contribution is 2.32. The third kappa shape index (κ3) is 5.54. The lowest BCUT2D eigenvalue weighted by molar-refractivity contribution is 0.101. The monoisotopic (exact) mass is 438 g/mol. The van der Waals surface area contributed by atoms with Crippen LogP contribution >= 0.6 is 15.9 Å². The Kier molecular flexibility index (Phi) is 7.40. The molecule has 0 saturated heterocycles. The third-order valence-electron chi connectivity index (χ3n) is 4.42. The summed E-state index contributed by atoms with van der Waals surface area (Å²) in [6, 6.07) is 23.8. The Morgan fingerprint density at radius 3 is 2.07 bits per heavy atom. The SMILES string of the molecule is CC(=O)c1ccc(OCc2ccccc2)c(CCOCc2ccccc2)c1Br. The van der Waals surface area contributed by atoms with Crippen molar-refractivity contribution in [1.29, 1.82) is 0 Å². The minimum atomic E-state index is 0.0212. The summed E-state index contributed by atoms with van der Waals surface area (Å²) in [5.74, 6) is 0.789. The van der Waals surface area contributed by atoms with Gasteiger partial charge in [-0.05, 0) is 46.1 Å². The average Bonchev–Trinajstić information content (AvgIpc) is 2.72. The van der Waals surface area contributed by atoms with Gasteiger partial charge in [0.1, 0.15) is 12.4 Å². The van der Waals surface area contributed by atoms with Crippen molar-refractivity contribution < 1.29 is 14.3 Å². The number of benzene rings is 3. The van der Waals surface area contributed by atoms with E-state index in [1.165, 1.54) is 0 Å². The van der Waals surface area contributed by atoms with Gasteiger partial charge in [0.25, 0.3) is 0 Å². The molecule has 0 bridgehead atoms. The Bertz CT molecular complexity index is 908. The van der Waals surface area contributed by atoms with Crippen molar-refractivity contribution in [2.24, 2.45) is 0 Å². The summed E-state index contributed by atoms with van der Waals surface area (Å²) in [4.78, 5) is 11.9. The molecular formula is C24H23BrO3. The lowest BCUT2D eigenvalue weighted by Crippen LogP contribution is -2.06. The molecule has 0 atom stereocenters. The first-order chi connectivity index (χ1) is 13.6. The molecule has 0 spiro atoms. The maximum Gasteiger partial charge on any atom is 0.160 e. The highest BCUT2D eigenvalue weighted by molar-refractivity contribution is 9.10.